The second kappa shape index (κ2) is 12.5. The lowest BCUT2D eigenvalue weighted by Crippen LogP contribution is -2.16. The number of hydrogen-bond acceptors (Lipinski definition) is 9. The smallest absolute Gasteiger partial charge is 0.267 e. The molecule has 0 radical (unpaired) electrons. The molecule has 0 unspecified atom stereocenters. The van der Waals surface area contributed by atoms with Crippen LogP contribution in [0.5, 0.6) is 5.75 Å². The Morgan fingerprint density at radius 1 is 0.932 bits per heavy atom. The first kappa shape index (κ1) is 30.8. The fraction of sp³-hybridized carbons (Fsp3) is 0.194. The lowest BCUT2D eigenvalue weighted by Gasteiger charge is -2.18. The third-order valence-electron chi connectivity index (χ3n) is 6.52. The summed E-state index contributed by atoms with van der Waals surface area (Å²) >= 11 is 1.47. The molecule has 5 aromatic rings. The molecule has 44 heavy (non-hydrogen) atoms. The highest BCUT2D eigenvalue weighted by Crippen LogP contribution is 2.40. The zero-order valence-corrected chi connectivity index (χ0v) is 26.2. The number of rotatable bonds is 10. The molecule has 0 aliphatic rings. The average Bonchev–Trinajstić information content (AvgIpc) is 3.43. The summed E-state index contributed by atoms with van der Waals surface area (Å²) in [7, 11) is 0.919. The molecule has 2 aromatic heterocycles. The van der Waals surface area contributed by atoms with Gasteiger partial charge in [-0.25, -0.2) is 32.2 Å². The standard InChI is InChI=1S/C31H30F2N6O3S2/c1-18(2)30-37-27(19-8-6-9-21(16-19)38-44(40,41)29-22(32)10-7-11-23(29)33)28(43-30)24-14-15-34-31(36-24)35-20-12-13-26(42-5)25(17-20)39(3)4/h6-18,38H,1-5H3,(H,34,35,36). The molecule has 2 N–H and O–H groups in total. The Balaban J connectivity index is 1.50. The summed E-state index contributed by atoms with van der Waals surface area (Å²) in [6, 6.07) is 16.8. The van der Waals surface area contributed by atoms with Gasteiger partial charge in [0, 0.05) is 43.1 Å². The van der Waals surface area contributed by atoms with Crippen LogP contribution in [0.2, 0.25) is 0 Å². The number of nitrogens with zero attached hydrogens (tertiary/aromatic N) is 4. The van der Waals surface area contributed by atoms with E-state index < -0.39 is 26.6 Å². The molecule has 0 bridgehead atoms. The normalized spacial score (nSPS) is 11.5. The van der Waals surface area contributed by atoms with Crippen molar-refractivity contribution in [3.8, 4) is 27.6 Å². The van der Waals surface area contributed by atoms with Crippen molar-refractivity contribution < 1.29 is 21.9 Å². The van der Waals surface area contributed by atoms with Gasteiger partial charge in [0.05, 0.1) is 34.1 Å². The monoisotopic (exact) mass is 636 g/mol. The Hall–Kier alpha value is -4.62. The molecule has 0 aliphatic carbocycles. The van der Waals surface area contributed by atoms with Crippen molar-refractivity contribution in [1.29, 1.82) is 0 Å². The molecule has 0 atom stereocenters. The van der Waals surface area contributed by atoms with E-state index in [-0.39, 0.29) is 11.6 Å². The number of benzene rings is 3. The number of methoxy groups -OCH3 is 1. The Morgan fingerprint density at radius 3 is 2.34 bits per heavy atom. The van der Waals surface area contributed by atoms with Crippen LogP contribution in [0.3, 0.4) is 0 Å². The van der Waals surface area contributed by atoms with Gasteiger partial charge >= 0.3 is 0 Å². The first-order valence-electron chi connectivity index (χ1n) is 13.5. The quantitative estimate of drug-likeness (QED) is 0.165. The Labute approximate surface area is 258 Å². The highest BCUT2D eigenvalue weighted by molar-refractivity contribution is 7.92. The largest absolute Gasteiger partial charge is 0.495 e. The number of hydrogen-bond donors (Lipinski definition) is 2. The number of anilines is 4. The molecule has 13 heteroatoms. The van der Waals surface area contributed by atoms with Gasteiger partial charge in [-0.3, -0.25) is 4.72 Å². The topological polar surface area (TPSA) is 109 Å². The van der Waals surface area contributed by atoms with E-state index in [1.54, 1.807) is 37.6 Å². The summed E-state index contributed by atoms with van der Waals surface area (Å²) in [4.78, 5) is 15.7. The number of sulfonamides is 1. The van der Waals surface area contributed by atoms with E-state index in [2.05, 4.69) is 15.0 Å². The van der Waals surface area contributed by atoms with Gasteiger partial charge in [-0.05, 0) is 48.5 Å². The van der Waals surface area contributed by atoms with Crippen LogP contribution >= 0.6 is 11.3 Å². The molecule has 0 saturated heterocycles. The van der Waals surface area contributed by atoms with E-state index in [4.69, 9.17) is 14.7 Å². The summed E-state index contributed by atoms with van der Waals surface area (Å²) < 4.78 is 62.1. The van der Waals surface area contributed by atoms with Gasteiger partial charge in [-0.15, -0.1) is 11.3 Å². The van der Waals surface area contributed by atoms with Gasteiger partial charge in [0.15, 0.2) is 4.90 Å². The van der Waals surface area contributed by atoms with Gasteiger partial charge in [0.25, 0.3) is 10.0 Å². The Morgan fingerprint density at radius 2 is 1.66 bits per heavy atom. The molecule has 0 amide bonds. The fourth-order valence-corrected chi connectivity index (χ4v) is 6.67. The minimum Gasteiger partial charge on any atom is -0.495 e. The number of aromatic nitrogens is 3. The van der Waals surface area contributed by atoms with Crippen LogP contribution in [0, 0.1) is 11.6 Å². The van der Waals surface area contributed by atoms with Crippen molar-refractivity contribution in [3.05, 3.63) is 89.6 Å². The number of nitrogens with one attached hydrogen (secondary N) is 2. The van der Waals surface area contributed by atoms with E-state index >= 15 is 0 Å². The Kier molecular flexibility index (Phi) is 8.79. The van der Waals surface area contributed by atoms with Crippen molar-refractivity contribution in [1.82, 2.24) is 15.0 Å². The van der Waals surface area contributed by atoms with Crippen LogP contribution in [0.1, 0.15) is 24.8 Å². The van der Waals surface area contributed by atoms with Crippen LogP contribution in [0.15, 0.2) is 77.8 Å². The predicted octanol–water partition coefficient (Wildman–Crippen LogP) is 7.29. The van der Waals surface area contributed by atoms with E-state index in [1.165, 1.54) is 17.4 Å². The first-order chi connectivity index (χ1) is 21.0. The van der Waals surface area contributed by atoms with Crippen LogP contribution < -0.4 is 19.7 Å². The van der Waals surface area contributed by atoms with E-state index in [0.717, 1.165) is 45.2 Å². The molecule has 0 fully saturated rings. The Bertz CT molecular complexity index is 1910. The first-order valence-corrected chi connectivity index (χ1v) is 15.8. The molecular weight excluding hydrogens is 607 g/mol. The zero-order chi connectivity index (χ0) is 31.6. The zero-order valence-electron chi connectivity index (χ0n) is 24.6. The molecule has 0 spiro atoms. The van der Waals surface area contributed by atoms with Crippen molar-refractivity contribution in [3.63, 3.8) is 0 Å². The van der Waals surface area contributed by atoms with Gasteiger partial charge in [0.1, 0.15) is 17.4 Å². The SMILES string of the molecule is COc1ccc(Nc2nccc(-c3sc(C(C)C)nc3-c3cccc(NS(=O)(=O)c4c(F)cccc4F)c3)n2)cc1N(C)C. The highest BCUT2D eigenvalue weighted by atomic mass is 32.2. The minimum absolute atomic E-state index is 0.112. The molecule has 9 nitrogen and oxygen atoms in total. The predicted molar refractivity (Wildman–Crippen MR) is 170 cm³/mol. The van der Waals surface area contributed by atoms with Crippen LogP contribution in [-0.4, -0.2) is 44.6 Å². The molecule has 228 valence electrons. The second-order valence-corrected chi connectivity index (χ2v) is 12.9. The molecule has 2 heterocycles. The minimum atomic E-state index is -4.55. The summed E-state index contributed by atoms with van der Waals surface area (Å²) in [6.07, 6.45) is 1.65. The van der Waals surface area contributed by atoms with E-state index in [9.17, 15) is 17.2 Å². The van der Waals surface area contributed by atoms with E-state index in [0.29, 0.717) is 22.9 Å². The maximum atomic E-state index is 14.3. The molecule has 0 aliphatic heterocycles. The summed E-state index contributed by atoms with van der Waals surface area (Å²) in [6.45, 7) is 4.05. The number of thiazole rings is 1. The summed E-state index contributed by atoms with van der Waals surface area (Å²) in [5.41, 5.74) is 3.56. The summed E-state index contributed by atoms with van der Waals surface area (Å²) in [5, 5.41) is 4.11. The third-order valence-corrected chi connectivity index (χ3v) is 9.33. The highest BCUT2D eigenvalue weighted by Gasteiger charge is 2.25. The molecular formula is C31H30F2N6O3S2. The second-order valence-electron chi connectivity index (χ2n) is 10.3. The van der Waals surface area contributed by atoms with Crippen LogP contribution in [0.25, 0.3) is 21.8 Å². The van der Waals surface area contributed by atoms with Crippen molar-refractivity contribution >= 4 is 44.4 Å². The fourth-order valence-electron chi connectivity index (χ4n) is 4.42. The van der Waals surface area contributed by atoms with Crippen LogP contribution in [-0.2, 0) is 10.0 Å². The van der Waals surface area contributed by atoms with Crippen LogP contribution in [0.4, 0.5) is 31.8 Å². The van der Waals surface area contributed by atoms with Crippen molar-refractivity contribution in [2.24, 2.45) is 0 Å². The molecule has 5 rings (SSSR count). The summed E-state index contributed by atoms with van der Waals surface area (Å²) in [5.74, 6) is -1.15. The van der Waals surface area contributed by atoms with Gasteiger partial charge in [0.2, 0.25) is 5.95 Å². The number of ether oxygens (including phenoxy) is 1. The maximum Gasteiger partial charge on any atom is 0.267 e. The van der Waals surface area contributed by atoms with E-state index in [1.807, 2.05) is 51.0 Å². The van der Waals surface area contributed by atoms with Gasteiger partial charge < -0.3 is 15.0 Å². The average molecular weight is 637 g/mol. The van der Waals surface area contributed by atoms with Gasteiger partial charge in [-0.2, -0.15) is 0 Å². The molecule has 0 saturated carbocycles. The van der Waals surface area contributed by atoms with Crippen molar-refractivity contribution in [2.45, 2.75) is 24.7 Å². The number of halogens is 2. The lowest BCUT2D eigenvalue weighted by molar-refractivity contribution is 0.415. The van der Waals surface area contributed by atoms with Crippen molar-refractivity contribution in [2.75, 3.05) is 36.1 Å². The maximum absolute atomic E-state index is 14.3. The third kappa shape index (κ3) is 6.48. The molecule has 3 aromatic carbocycles. The lowest BCUT2D eigenvalue weighted by atomic mass is 10.1. The van der Waals surface area contributed by atoms with Gasteiger partial charge in [-0.1, -0.05) is 32.0 Å².